The third-order valence-corrected chi connectivity index (χ3v) is 3.00. The molecule has 0 aliphatic rings. The van der Waals surface area contributed by atoms with E-state index in [1.54, 1.807) is 12.1 Å². The van der Waals surface area contributed by atoms with E-state index in [0.29, 0.717) is 12.2 Å². The molecule has 23 heavy (non-hydrogen) atoms. The van der Waals surface area contributed by atoms with Crippen LogP contribution in [0, 0.1) is 0 Å². The first-order chi connectivity index (χ1) is 10.7. The van der Waals surface area contributed by atoms with E-state index in [2.05, 4.69) is 10.4 Å². The average molecular weight is 335 g/mol. The zero-order valence-corrected chi connectivity index (χ0v) is 13.2. The number of hydrogen-bond acceptors (Lipinski definition) is 4. The number of nitrogens with one attached hydrogen (secondary N) is 1. The normalized spacial score (nSPS) is 10.1. The zero-order valence-electron chi connectivity index (χ0n) is 13.4. The summed E-state index contributed by atoms with van der Waals surface area (Å²) in [6.07, 6.45) is -0.00953. The van der Waals surface area contributed by atoms with Crippen LogP contribution in [0.4, 0.5) is 10.5 Å². The summed E-state index contributed by atoms with van der Waals surface area (Å²) in [4.78, 5) is 15.2. The first-order valence-corrected chi connectivity index (χ1v) is 6.79. The summed E-state index contributed by atoms with van der Waals surface area (Å²) in [5.41, 5.74) is 10.7. The van der Waals surface area contributed by atoms with Crippen molar-refractivity contribution in [1.29, 1.82) is 0 Å². The number of benzene rings is 2. The second-order valence-corrected chi connectivity index (χ2v) is 4.60. The van der Waals surface area contributed by atoms with Crippen LogP contribution in [0.5, 0.6) is 0 Å². The number of carbonyl (C=O) groups is 1. The van der Waals surface area contributed by atoms with Gasteiger partial charge in [-0.1, -0.05) is 42.5 Å². The van der Waals surface area contributed by atoms with Gasteiger partial charge in [0.2, 0.25) is 0 Å². The molecule has 122 valence electrons. The van der Waals surface area contributed by atoms with Gasteiger partial charge in [0.1, 0.15) is 6.34 Å². The van der Waals surface area contributed by atoms with Gasteiger partial charge in [-0.3, -0.25) is 10.4 Å². The number of rotatable bonds is 6. The van der Waals surface area contributed by atoms with Gasteiger partial charge >= 0.3 is 1.43 Å². The van der Waals surface area contributed by atoms with E-state index in [0.717, 1.165) is 16.1 Å². The maximum Gasteiger partial charge on any atom is 1.00 e. The van der Waals surface area contributed by atoms with Crippen molar-refractivity contribution in [1.82, 2.24) is 10.4 Å². The number of hydrazine groups is 1. The molecule has 0 saturated heterocycles. The molecule has 0 bridgehead atoms. The highest BCUT2D eigenvalue weighted by molar-refractivity contribution is 5.85. The Morgan fingerprint density at radius 3 is 2.39 bits per heavy atom. The highest BCUT2D eigenvalue weighted by Crippen LogP contribution is 2.11. The summed E-state index contributed by atoms with van der Waals surface area (Å²) in [5, 5.41) is 12.1. The van der Waals surface area contributed by atoms with Gasteiger partial charge < -0.3 is 15.6 Å². The van der Waals surface area contributed by atoms with Gasteiger partial charge in [-0.05, 0) is 23.3 Å². The standard InChI is InChI=1S/C16H18N4O2.ClH/c17-10-13-6-8-15(9-7-13)18-12-19-20(16(21)22)11-14-4-2-1-3-5-14;/h1-9,12H,10-11,17H2,(H,18,19)(H,21,22);1H. The van der Waals surface area contributed by atoms with Crippen molar-refractivity contribution in [2.75, 3.05) is 0 Å². The fourth-order valence-corrected chi connectivity index (χ4v) is 1.82. The Morgan fingerprint density at radius 1 is 1.17 bits per heavy atom. The molecule has 0 spiro atoms. The van der Waals surface area contributed by atoms with Crippen LogP contribution in [0.15, 0.2) is 59.6 Å². The minimum Gasteiger partial charge on any atom is -0.529 e. The predicted molar refractivity (Wildman–Crippen MR) is 91.4 cm³/mol. The van der Waals surface area contributed by atoms with Gasteiger partial charge in [-0.15, -0.1) is 12.4 Å². The molecule has 0 atom stereocenters. The molecular formula is C16H19ClN4O2. The van der Waals surface area contributed by atoms with Gasteiger partial charge in [0.25, 0.3) is 0 Å². The smallest absolute Gasteiger partial charge is 0.529 e. The van der Waals surface area contributed by atoms with Crippen LogP contribution in [-0.2, 0) is 13.1 Å². The Balaban J connectivity index is 0.00000264. The van der Waals surface area contributed by atoms with Crippen LogP contribution in [0.1, 0.15) is 12.6 Å². The SMILES string of the molecule is Cl.NCc1ccc(/N=C/NN(Cc2ccccc2)C(=O)[O-])cc1.[H+]. The maximum absolute atomic E-state index is 11.1. The Labute approximate surface area is 142 Å². The van der Waals surface area contributed by atoms with Crippen LogP contribution < -0.4 is 16.3 Å². The first kappa shape index (κ1) is 18.5. The van der Waals surface area contributed by atoms with Gasteiger partial charge in [-0.2, -0.15) is 0 Å². The maximum atomic E-state index is 11.1. The molecule has 0 aliphatic carbocycles. The topological polar surface area (TPSA) is 93.8 Å². The molecule has 0 heterocycles. The number of amides is 1. The summed E-state index contributed by atoms with van der Waals surface area (Å²) in [7, 11) is 0. The van der Waals surface area contributed by atoms with E-state index < -0.39 is 6.09 Å². The highest BCUT2D eigenvalue weighted by atomic mass is 35.5. The lowest BCUT2D eigenvalue weighted by atomic mass is 10.2. The molecule has 0 radical (unpaired) electrons. The van der Waals surface area contributed by atoms with Gasteiger partial charge in [0.15, 0.2) is 6.09 Å². The second kappa shape index (κ2) is 9.45. The van der Waals surface area contributed by atoms with E-state index in [9.17, 15) is 9.90 Å². The van der Waals surface area contributed by atoms with E-state index in [4.69, 9.17) is 5.73 Å². The first-order valence-electron chi connectivity index (χ1n) is 6.79. The molecule has 2 rings (SSSR count). The summed E-state index contributed by atoms with van der Waals surface area (Å²) in [5.74, 6) is 0. The Hall–Kier alpha value is -2.57. The Bertz CT molecular complexity index is 638. The zero-order chi connectivity index (χ0) is 15.8. The second-order valence-electron chi connectivity index (χ2n) is 4.60. The summed E-state index contributed by atoms with van der Waals surface area (Å²) in [6.45, 7) is 0.638. The third kappa shape index (κ3) is 5.98. The Morgan fingerprint density at radius 2 is 1.83 bits per heavy atom. The lowest BCUT2D eigenvalue weighted by Crippen LogP contribution is -2.48. The molecule has 0 unspecified atom stereocenters. The third-order valence-electron chi connectivity index (χ3n) is 3.00. The molecule has 0 aromatic heterocycles. The van der Waals surface area contributed by atoms with Crippen molar-refractivity contribution >= 4 is 30.5 Å². The molecule has 3 N–H and O–H groups in total. The monoisotopic (exact) mass is 334 g/mol. The van der Waals surface area contributed by atoms with Crippen LogP contribution in [0.25, 0.3) is 0 Å². The van der Waals surface area contributed by atoms with E-state index >= 15 is 0 Å². The van der Waals surface area contributed by atoms with Crippen molar-refractivity contribution in [3.63, 3.8) is 0 Å². The van der Waals surface area contributed by atoms with Gasteiger partial charge in [0, 0.05) is 6.54 Å². The number of aliphatic imine (C=N–C) groups is 1. The molecule has 1 amide bonds. The molecule has 2 aromatic rings. The van der Waals surface area contributed by atoms with Crippen molar-refractivity contribution in [3.05, 3.63) is 65.7 Å². The fraction of sp³-hybridized carbons (Fsp3) is 0.125. The minimum absolute atomic E-state index is 0. The lowest BCUT2D eigenvalue weighted by Gasteiger charge is -2.24. The number of nitrogens with zero attached hydrogens (tertiary/aromatic N) is 2. The predicted octanol–water partition coefficient (Wildman–Crippen LogP) is 1.69. The van der Waals surface area contributed by atoms with Crippen LogP contribution in [0.3, 0.4) is 0 Å². The molecular weight excluding hydrogens is 316 g/mol. The summed E-state index contributed by atoms with van der Waals surface area (Å²) in [6, 6.07) is 16.6. The van der Waals surface area contributed by atoms with Crippen molar-refractivity contribution < 1.29 is 11.3 Å². The molecule has 2 aromatic carbocycles. The quantitative estimate of drug-likeness (QED) is 0.477. The van der Waals surface area contributed by atoms with Crippen molar-refractivity contribution in [3.8, 4) is 0 Å². The van der Waals surface area contributed by atoms with E-state index in [-0.39, 0.29) is 20.4 Å². The fourth-order valence-electron chi connectivity index (χ4n) is 1.82. The molecule has 0 aliphatic heterocycles. The van der Waals surface area contributed by atoms with E-state index in [1.807, 2.05) is 42.5 Å². The summed E-state index contributed by atoms with van der Waals surface area (Å²) >= 11 is 0. The van der Waals surface area contributed by atoms with Gasteiger partial charge in [0.05, 0.1) is 12.2 Å². The molecule has 6 nitrogen and oxygen atoms in total. The lowest BCUT2D eigenvalue weighted by molar-refractivity contribution is -0.268. The van der Waals surface area contributed by atoms with Crippen LogP contribution >= 0.6 is 12.4 Å². The molecule has 7 heteroatoms. The van der Waals surface area contributed by atoms with Crippen molar-refractivity contribution in [2.45, 2.75) is 13.1 Å². The van der Waals surface area contributed by atoms with Gasteiger partial charge in [-0.25, -0.2) is 4.99 Å². The molecule has 0 fully saturated rings. The van der Waals surface area contributed by atoms with Crippen molar-refractivity contribution in [2.24, 2.45) is 10.7 Å². The van der Waals surface area contributed by atoms with Crippen LogP contribution in [0.2, 0.25) is 0 Å². The number of nitrogens with two attached hydrogens (primary N) is 1. The number of hydrogen-bond donors (Lipinski definition) is 2. The highest BCUT2D eigenvalue weighted by Gasteiger charge is 2.03. The average Bonchev–Trinajstić information content (AvgIpc) is 2.55. The number of carbonyl (C=O) groups excluding carboxylic acids is 1. The Kier molecular flexibility index (Phi) is 7.59. The summed E-state index contributed by atoms with van der Waals surface area (Å²) < 4.78 is 0. The van der Waals surface area contributed by atoms with E-state index in [1.165, 1.54) is 6.34 Å². The van der Waals surface area contributed by atoms with Crippen LogP contribution in [-0.4, -0.2) is 17.4 Å². The largest absolute Gasteiger partial charge is 1.00 e. The number of halogens is 1. The number of carboxylic acid groups (broad SMARTS) is 1. The molecule has 0 saturated carbocycles. The minimum atomic E-state index is -1.33.